The minimum absolute atomic E-state index is 0.0487. The van der Waals surface area contributed by atoms with E-state index in [9.17, 15) is 4.79 Å². The van der Waals surface area contributed by atoms with Gasteiger partial charge in [0.1, 0.15) is 5.75 Å². The maximum absolute atomic E-state index is 12.2. The predicted molar refractivity (Wildman–Crippen MR) is 75.4 cm³/mol. The van der Waals surface area contributed by atoms with E-state index in [-0.39, 0.29) is 5.56 Å². The molecule has 1 aliphatic heterocycles. The summed E-state index contributed by atoms with van der Waals surface area (Å²) in [5.41, 5.74) is 0.981. The first kappa shape index (κ1) is 12.2. The van der Waals surface area contributed by atoms with E-state index in [4.69, 9.17) is 4.74 Å². The van der Waals surface area contributed by atoms with Crippen LogP contribution in [0.5, 0.6) is 5.75 Å². The molecule has 0 saturated heterocycles. The molecule has 1 aromatic carbocycles. The van der Waals surface area contributed by atoms with Crippen LogP contribution in [0.3, 0.4) is 0 Å². The third-order valence-electron chi connectivity index (χ3n) is 2.96. The molecule has 0 saturated carbocycles. The third kappa shape index (κ3) is 2.21. The van der Waals surface area contributed by atoms with E-state index < -0.39 is 0 Å². The summed E-state index contributed by atoms with van der Waals surface area (Å²) in [6.45, 7) is 3.98. The number of nitrogens with zero attached hydrogens (tertiary/aromatic N) is 2. The molecule has 1 aliphatic rings. The molecular weight excluding hydrogens is 260 g/mol. The fourth-order valence-corrected chi connectivity index (χ4v) is 3.12. The zero-order valence-corrected chi connectivity index (χ0v) is 11.4. The molecule has 2 aromatic rings. The zero-order chi connectivity index (χ0) is 13.2. The van der Waals surface area contributed by atoms with E-state index >= 15 is 0 Å². The van der Waals surface area contributed by atoms with Crippen LogP contribution in [0.4, 0.5) is 0 Å². The lowest BCUT2D eigenvalue weighted by molar-refractivity contribution is 0.339. The zero-order valence-electron chi connectivity index (χ0n) is 10.6. The lowest BCUT2D eigenvalue weighted by Crippen LogP contribution is -2.29. The number of aromatic nitrogens is 1. The van der Waals surface area contributed by atoms with Crippen molar-refractivity contribution in [3.8, 4) is 5.75 Å². The second-order valence-corrected chi connectivity index (χ2v) is 5.21. The smallest absolute Gasteiger partial charge is 0.270 e. The number of ether oxygens (including phenoxy) is 1. The molecule has 5 heteroatoms. The maximum Gasteiger partial charge on any atom is 0.270 e. The monoisotopic (exact) mass is 274 g/mol. The van der Waals surface area contributed by atoms with Crippen molar-refractivity contribution in [2.45, 2.75) is 13.5 Å². The van der Waals surface area contributed by atoms with Crippen molar-refractivity contribution in [1.82, 2.24) is 4.57 Å². The van der Waals surface area contributed by atoms with Crippen LogP contribution in [0.1, 0.15) is 12.5 Å². The number of hydrogen-bond acceptors (Lipinski definition) is 4. The first-order chi connectivity index (χ1) is 9.29. The molecular formula is C14H14N2O2S. The highest BCUT2D eigenvalue weighted by molar-refractivity contribution is 7.07. The van der Waals surface area contributed by atoms with E-state index in [0.717, 1.165) is 22.7 Å². The Kier molecular flexibility index (Phi) is 3.21. The van der Waals surface area contributed by atoms with Crippen molar-refractivity contribution in [3.63, 3.8) is 0 Å². The van der Waals surface area contributed by atoms with E-state index in [0.29, 0.717) is 17.7 Å². The molecule has 0 fully saturated rings. The van der Waals surface area contributed by atoms with Gasteiger partial charge in [0.25, 0.3) is 5.56 Å². The van der Waals surface area contributed by atoms with Crippen molar-refractivity contribution in [3.05, 3.63) is 49.5 Å². The van der Waals surface area contributed by atoms with Crippen molar-refractivity contribution in [2.24, 2.45) is 4.99 Å². The van der Waals surface area contributed by atoms with Crippen molar-refractivity contribution < 1.29 is 4.74 Å². The summed E-state index contributed by atoms with van der Waals surface area (Å²) in [5.74, 6) is 0.805. The van der Waals surface area contributed by atoms with Gasteiger partial charge in [0, 0.05) is 12.1 Å². The number of rotatable bonds is 3. The van der Waals surface area contributed by atoms with Crippen LogP contribution >= 0.6 is 11.3 Å². The molecule has 0 bridgehead atoms. The average Bonchev–Trinajstić information content (AvgIpc) is 2.97. The van der Waals surface area contributed by atoms with Crippen LogP contribution < -0.4 is 19.6 Å². The van der Waals surface area contributed by atoms with Gasteiger partial charge in [-0.05, 0) is 19.1 Å². The normalized spacial score (nSPS) is 14.3. The lowest BCUT2D eigenvalue weighted by Gasteiger charge is -2.05. The van der Waals surface area contributed by atoms with E-state index in [1.807, 2.05) is 37.3 Å². The van der Waals surface area contributed by atoms with Gasteiger partial charge in [0.15, 0.2) is 4.80 Å². The summed E-state index contributed by atoms with van der Waals surface area (Å²) < 4.78 is 8.02. The minimum Gasteiger partial charge on any atom is -0.493 e. The van der Waals surface area contributed by atoms with Crippen LogP contribution in [0.2, 0.25) is 0 Å². The van der Waals surface area contributed by atoms with Crippen LogP contribution in [0, 0.1) is 0 Å². The van der Waals surface area contributed by atoms with Crippen LogP contribution in [-0.4, -0.2) is 17.7 Å². The number of fused-ring (bicyclic) bond motifs is 1. The van der Waals surface area contributed by atoms with Gasteiger partial charge < -0.3 is 4.74 Å². The van der Waals surface area contributed by atoms with E-state index in [2.05, 4.69) is 4.99 Å². The molecule has 3 rings (SSSR count). The van der Waals surface area contributed by atoms with Gasteiger partial charge in [-0.15, -0.1) is 0 Å². The Morgan fingerprint density at radius 1 is 1.47 bits per heavy atom. The molecule has 19 heavy (non-hydrogen) atoms. The minimum atomic E-state index is 0.0487. The van der Waals surface area contributed by atoms with E-state index in [1.165, 1.54) is 11.3 Å². The first-order valence-corrected chi connectivity index (χ1v) is 7.09. The Morgan fingerprint density at radius 2 is 2.32 bits per heavy atom. The summed E-state index contributed by atoms with van der Waals surface area (Å²) in [4.78, 5) is 17.3. The number of hydrogen-bond donors (Lipinski definition) is 0. The van der Waals surface area contributed by atoms with Gasteiger partial charge in [-0.1, -0.05) is 29.5 Å². The average molecular weight is 274 g/mol. The molecule has 0 radical (unpaired) electrons. The summed E-state index contributed by atoms with van der Waals surface area (Å²) in [7, 11) is 0. The SMILES string of the molecule is CCOc1ccccc1C=c1sc2n(c1=O)CCN=2. The predicted octanol–water partition coefficient (Wildman–Crippen LogP) is 0.770. The molecule has 0 unspecified atom stereocenters. The topological polar surface area (TPSA) is 43.6 Å². The second-order valence-electron chi connectivity index (χ2n) is 4.20. The molecule has 2 heterocycles. The molecule has 0 aliphatic carbocycles. The Hall–Kier alpha value is -1.88. The highest BCUT2D eigenvalue weighted by atomic mass is 32.1. The van der Waals surface area contributed by atoms with Crippen molar-refractivity contribution >= 4 is 17.4 Å². The number of thiazole rings is 1. The number of para-hydroxylation sites is 1. The van der Waals surface area contributed by atoms with Crippen LogP contribution in [0.25, 0.3) is 6.08 Å². The van der Waals surface area contributed by atoms with Gasteiger partial charge >= 0.3 is 0 Å². The molecule has 1 aromatic heterocycles. The standard InChI is InChI=1S/C14H14N2O2S/c1-2-18-11-6-4-3-5-10(11)9-12-13(17)16-8-7-15-14(16)19-12/h3-6,9H,2,7-8H2,1H3. The molecule has 98 valence electrons. The second kappa shape index (κ2) is 5.01. The largest absolute Gasteiger partial charge is 0.493 e. The van der Waals surface area contributed by atoms with Gasteiger partial charge in [-0.2, -0.15) is 0 Å². The van der Waals surface area contributed by atoms with Crippen molar-refractivity contribution in [2.75, 3.05) is 13.2 Å². The third-order valence-corrected chi connectivity index (χ3v) is 4.01. The summed E-state index contributed by atoms with van der Waals surface area (Å²) >= 11 is 1.44. The summed E-state index contributed by atoms with van der Waals surface area (Å²) in [5, 5.41) is 0. The van der Waals surface area contributed by atoms with Crippen molar-refractivity contribution in [1.29, 1.82) is 0 Å². The highest BCUT2D eigenvalue weighted by Gasteiger charge is 2.10. The molecule has 0 amide bonds. The highest BCUT2D eigenvalue weighted by Crippen LogP contribution is 2.18. The Balaban J connectivity index is 2.15. The summed E-state index contributed by atoms with van der Waals surface area (Å²) in [6, 6.07) is 7.74. The first-order valence-electron chi connectivity index (χ1n) is 6.27. The summed E-state index contributed by atoms with van der Waals surface area (Å²) in [6.07, 6.45) is 1.89. The quantitative estimate of drug-likeness (QED) is 0.830. The van der Waals surface area contributed by atoms with Gasteiger partial charge in [-0.25, -0.2) is 0 Å². The Labute approximate surface area is 114 Å². The van der Waals surface area contributed by atoms with Gasteiger partial charge in [-0.3, -0.25) is 14.4 Å². The van der Waals surface area contributed by atoms with Crippen LogP contribution in [-0.2, 0) is 6.54 Å². The Bertz CT molecular complexity index is 773. The molecule has 0 atom stereocenters. The van der Waals surface area contributed by atoms with E-state index in [1.54, 1.807) is 4.57 Å². The van der Waals surface area contributed by atoms with Crippen LogP contribution in [0.15, 0.2) is 34.1 Å². The lowest BCUT2D eigenvalue weighted by atomic mass is 10.2. The molecule has 4 nitrogen and oxygen atoms in total. The fraction of sp³-hybridized carbons (Fsp3) is 0.286. The number of benzene rings is 1. The fourth-order valence-electron chi connectivity index (χ4n) is 2.10. The molecule has 0 N–H and O–H groups in total. The Morgan fingerprint density at radius 3 is 3.11 bits per heavy atom. The van der Waals surface area contributed by atoms with Gasteiger partial charge in [0.2, 0.25) is 0 Å². The maximum atomic E-state index is 12.2. The molecule has 0 spiro atoms. The van der Waals surface area contributed by atoms with Gasteiger partial charge in [0.05, 0.1) is 17.7 Å².